The van der Waals surface area contributed by atoms with E-state index in [0.29, 0.717) is 18.1 Å². The number of H-pyrrole nitrogens is 1. The van der Waals surface area contributed by atoms with Gasteiger partial charge in [0.25, 0.3) is 0 Å². The molecule has 0 unspecified atom stereocenters. The number of benzene rings is 1. The quantitative estimate of drug-likeness (QED) is 0.742. The maximum atomic E-state index is 5.95. The number of imidazole rings is 1. The van der Waals surface area contributed by atoms with Crippen LogP contribution in [-0.2, 0) is 6.42 Å². The third-order valence-electron chi connectivity index (χ3n) is 3.16. The van der Waals surface area contributed by atoms with Crippen LogP contribution < -0.4 is 5.73 Å². The number of nitrogens with zero attached hydrogens (tertiary/aromatic N) is 3. The molecule has 0 aliphatic rings. The molecule has 2 heterocycles. The Balaban J connectivity index is 1.77. The van der Waals surface area contributed by atoms with E-state index in [9.17, 15) is 0 Å². The summed E-state index contributed by atoms with van der Waals surface area (Å²) in [5, 5.41) is 3.96. The molecule has 6 heteroatoms. The van der Waals surface area contributed by atoms with E-state index in [1.807, 2.05) is 24.3 Å². The van der Waals surface area contributed by atoms with E-state index in [0.717, 1.165) is 29.7 Å². The molecule has 0 bridgehead atoms. The van der Waals surface area contributed by atoms with Crippen molar-refractivity contribution in [3.63, 3.8) is 0 Å². The number of nitrogens with two attached hydrogens (primary N) is 1. The number of aromatic nitrogens is 4. The van der Waals surface area contributed by atoms with E-state index < -0.39 is 0 Å². The van der Waals surface area contributed by atoms with Gasteiger partial charge in [0.05, 0.1) is 23.5 Å². The van der Waals surface area contributed by atoms with Crippen molar-refractivity contribution in [3.8, 4) is 0 Å². The van der Waals surface area contributed by atoms with Gasteiger partial charge in [-0.2, -0.15) is 4.98 Å². The summed E-state index contributed by atoms with van der Waals surface area (Å²) in [6, 6.07) is 7.71. The van der Waals surface area contributed by atoms with E-state index in [-0.39, 0.29) is 6.04 Å². The lowest BCUT2D eigenvalue weighted by molar-refractivity contribution is 0.344. The average molecular weight is 271 g/mol. The number of rotatable bonds is 5. The van der Waals surface area contributed by atoms with Crippen LogP contribution in [0.3, 0.4) is 0 Å². The Bertz CT molecular complexity index is 669. The van der Waals surface area contributed by atoms with Crippen LogP contribution in [0.25, 0.3) is 11.0 Å². The zero-order valence-electron chi connectivity index (χ0n) is 11.3. The Morgan fingerprint density at radius 3 is 2.95 bits per heavy atom. The first-order valence-electron chi connectivity index (χ1n) is 6.78. The number of aromatic amines is 1. The molecule has 0 spiro atoms. The molecule has 0 fully saturated rings. The molecule has 1 aromatic carbocycles. The highest BCUT2D eigenvalue weighted by atomic mass is 16.5. The lowest BCUT2D eigenvalue weighted by Gasteiger charge is -2.01. The van der Waals surface area contributed by atoms with Crippen LogP contribution >= 0.6 is 0 Å². The van der Waals surface area contributed by atoms with Gasteiger partial charge in [0, 0.05) is 0 Å². The summed E-state index contributed by atoms with van der Waals surface area (Å²) in [4.78, 5) is 12.1. The maximum absolute atomic E-state index is 5.95. The molecular formula is C14H17N5O. The Kier molecular flexibility index (Phi) is 3.47. The van der Waals surface area contributed by atoms with Gasteiger partial charge in [-0.15, -0.1) is 0 Å². The summed E-state index contributed by atoms with van der Waals surface area (Å²) in [5.74, 6) is 1.92. The molecule has 0 amide bonds. The largest absolute Gasteiger partial charge is 0.342 e. The molecule has 0 saturated heterocycles. The fourth-order valence-electron chi connectivity index (χ4n) is 2.16. The molecule has 20 heavy (non-hydrogen) atoms. The third-order valence-corrected chi connectivity index (χ3v) is 3.16. The van der Waals surface area contributed by atoms with Crippen molar-refractivity contribution < 1.29 is 4.52 Å². The SMILES string of the molecule is CCC[C@@H](N)c1nc(Cc2nc3ccccc3[nH]2)no1. The van der Waals surface area contributed by atoms with Gasteiger partial charge in [-0.25, -0.2) is 4.98 Å². The van der Waals surface area contributed by atoms with Crippen LogP contribution in [0.5, 0.6) is 0 Å². The highest BCUT2D eigenvalue weighted by Gasteiger charge is 2.15. The van der Waals surface area contributed by atoms with Crippen molar-refractivity contribution in [2.45, 2.75) is 32.2 Å². The van der Waals surface area contributed by atoms with Crippen molar-refractivity contribution in [3.05, 3.63) is 41.8 Å². The Hall–Kier alpha value is -2.21. The fraction of sp³-hybridized carbons (Fsp3) is 0.357. The number of hydrogen-bond donors (Lipinski definition) is 2. The summed E-state index contributed by atoms with van der Waals surface area (Å²) in [6.45, 7) is 2.07. The Labute approximate surface area is 116 Å². The summed E-state index contributed by atoms with van der Waals surface area (Å²) < 4.78 is 5.20. The van der Waals surface area contributed by atoms with Gasteiger partial charge in [0.2, 0.25) is 5.89 Å². The first-order chi connectivity index (χ1) is 9.76. The van der Waals surface area contributed by atoms with E-state index >= 15 is 0 Å². The Morgan fingerprint density at radius 2 is 2.15 bits per heavy atom. The topological polar surface area (TPSA) is 93.6 Å². The zero-order chi connectivity index (χ0) is 13.9. The standard InChI is InChI=1S/C14H17N5O/c1-2-5-9(15)14-18-13(19-20-14)8-12-16-10-6-3-4-7-11(10)17-12/h3-4,6-7,9H,2,5,8,15H2,1H3,(H,16,17)/t9-/m1/s1. The molecular weight excluding hydrogens is 254 g/mol. The lowest BCUT2D eigenvalue weighted by atomic mass is 10.2. The van der Waals surface area contributed by atoms with Crippen molar-refractivity contribution in [2.75, 3.05) is 0 Å². The number of hydrogen-bond acceptors (Lipinski definition) is 5. The molecule has 0 saturated carbocycles. The minimum Gasteiger partial charge on any atom is -0.342 e. The van der Waals surface area contributed by atoms with E-state index in [4.69, 9.17) is 10.3 Å². The van der Waals surface area contributed by atoms with E-state index in [2.05, 4.69) is 27.0 Å². The minimum absolute atomic E-state index is 0.183. The third kappa shape index (κ3) is 2.55. The average Bonchev–Trinajstić information content (AvgIpc) is 3.05. The monoisotopic (exact) mass is 271 g/mol. The molecule has 0 aliphatic heterocycles. The number of fused-ring (bicyclic) bond motifs is 1. The maximum Gasteiger partial charge on any atom is 0.243 e. The summed E-state index contributed by atoms with van der Waals surface area (Å²) in [7, 11) is 0. The first kappa shape index (κ1) is 12.8. The summed E-state index contributed by atoms with van der Waals surface area (Å²) in [5.41, 5.74) is 7.90. The summed E-state index contributed by atoms with van der Waals surface area (Å²) >= 11 is 0. The van der Waals surface area contributed by atoms with Crippen molar-refractivity contribution >= 4 is 11.0 Å². The van der Waals surface area contributed by atoms with Gasteiger partial charge >= 0.3 is 0 Å². The number of para-hydroxylation sites is 2. The van der Waals surface area contributed by atoms with Gasteiger partial charge in [0.1, 0.15) is 5.82 Å². The van der Waals surface area contributed by atoms with E-state index in [1.165, 1.54) is 0 Å². The summed E-state index contributed by atoms with van der Waals surface area (Å²) in [6.07, 6.45) is 2.34. The predicted octanol–water partition coefficient (Wildman–Crippen LogP) is 2.34. The molecule has 0 radical (unpaired) electrons. The van der Waals surface area contributed by atoms with Crippen LogP contribution in [0.15, 0.2) is 28.8 Å². The molecule has 3 rings (SSSR count). The van der Waals surface area contributed by atoms with Gasteiger partial charge in [-0.3, -0.25) is 0 Å². The van der Waals surface area contributed by atoms with Crippen LogP contribution in [0, 0.1) is 0 Å². The molecule has 3 N–H and O–H groups in total. The smallest absolute Gasteiger partial charge is 0.243 e. The van der Waals surface area contributed by atoms with Crippen molar-refractivity contribution in [2.24, 2.45) is 5.73 Å². The molecule has 3 aromatic rings. The lowest BCUT2D eigenvalue weighted by Crippen LogP contribution is -2.10. The van der Waals surface area contributed by atoms with E-state index in [1.54, 1.807) is 0 Å². The second-order valence-electron chi connectivity index (χ2n) is 4.82. The molecule has 6 nitrogen and oxygen atoms in total. The predicted molar refractivity (Wildman–Crippen MR) is 75.0 cm³/mol. The molecule has 1 atom stereocenters. The molecule has 0 aliphatic carbocycles. The first-order valence-corrected chi connectivity index (χ1v) is 6.78. The minimum atomic E-state index is -0.183. The normalized spacial score (nSPS) is 12.9. The molecule has 2 aromatic heterocycles. The van der Waals surface area contributed by atoms with Crippen LogP contribution in [0.1, 0.15) is 43.3 Å². The Morgan fingerprint density at radius 1 is 1.30 bits per heavy atom. The number of nitrogens with one attached hydrogen (secondary N) is 1. The van der Waals surface area contributed by atoms with Gasteiger partial charge in [-0.1, -0.05) is 30.6 Å². The fourth-order valence-corrected chi connectivity index (χ4v) is 2.16. The van der Waals surface area contributed by atoms with Crippen LogP contribution in [0.2, 0.25) is 0 Å². The van der Waals surface area contributed by atoms with Gasteiger partial charge < -0.3 is 15.2 Å². The molecule has 104 valence electrons. The van der Waals surface area contributed by atoms with Crippen LogP contribution in [-0.4, -0.2) is 20.1 Å². The second kappa shape index (κ2) is 5.42. The van der Waals surface area contributed by atoms with Crippen LogP contribution in [0.4, 0.5) is 0 Å². The zero-order valence-corrected chi connectivity index (χ0v) is 11.3. The van der Waals surface area contributed by atoms with Crippen molar-refractivity contribution in [1.29, 1.82) is 0 Å². The van der Waals surface area contributed by atoms with Gasteiger partial charge in [0.15, 0.2) is 5.82 Å². The highest BCUT2D eigenvalue weighted by Crippen LogP contribution is 2.15. The second-order valence-corrected chi connectivity index (χ2v) is 4.82. The highest BCUT2D eigenvalue weighted by molar-refractivity contribution is 5.74. The van der Waals surface area contributed by atoms with Gasteiger partial charge in [-0.05, 0) is 18.6 Å². The van der Waals surface area contributed by atoms with Crippen molar-refractivity contribution in [1.82, 2.24) is 20.1 Å².